The summed E-state index contributed by atoms with van der Waals surface area (Å²) in [7, 11) is 0. The number of nitrogens with zero attached hydrogens (tertiary/aromatic N) is 1. The molecule has 1 aliphatic heterocycles. The van der Waals surface area contributed by atoms with Gasteiger partial charge in [-0.3, -0.25) is 4.90 Å². The van der Waals surface area contributed by atoms with Crippen LogP contribution in [0.25, 0.3) is 0 Å². The van der Waals surface area contributed by atoms with Crippen LogP contribution in [0.4, 0.5) is 0 Å². The first kappa shape index (κ1) is 15.4. The molecule has 0 amide bonds. The highest BCUT2D eigenvalue weighted by Crippen LogP contribution is 2.11. The Balaban J connectivity index is 1.73. The fourth-order valence-corrected chi connectivity index (χ4v) is 2.72. The van der Waals surface area contributed by atoms with E-state index in [2.05, 4.69) is 16.5 Å². The first-order chi connectivity index (χ1) is 9.79. The molecule has 0 atom stereocenters. The molecule has 110 valence electrons. The van der Waals surface area contributed by atoms with Crippen molar-refractivity contribution in [1.29, 1.82) is 0 Å². The molecule has 1 N–H and O–H groups in total. The Morgan fingerprint density at radius 3 is 2.65 bits per heavy atom. The predicted molar refractivity (Wildman–Crippen MR) is 83.3 cm³/mol. The number of hydrogen-bond donors (Lipinski definition) is 1. The van der Waals surface area contributed by atoms with Crippen LogP contribution >= 0.6 is 11.8 Å². The third-order valence-electron chi connectivity index (χ3n) is 3.35. The van der Waals surface area contributed by atoms with Crippen molar-refractivity contribution in [2.75, 3.05) is 45.6 Å². The largest absolute Gasteiger partial charge is 0.461 e. The topological polar surface area (TPSA) is 41.6 Å². The predicted octanol–water partition coefficient (Wildman–Crippen LogP) is 1.61. The van der Waals surface area contributed by atoms with Crippen molar-refractivity contribution in [3.05, 3.63) is 35.4 Å². The number of rotatable bonds is 6. The van der Waals surface area contributed by atoms with E-state index in [0.717, 1.165) is 38.5 Å². The second-order valence-corrected chi connectivity index (χ2v) is 5.72. The lowest BCUT2D eigenvalue weighted by molar-refractivity contribution is 0.0456. The Kier molecular flexibility index (Phi) is 6.36. The van der Waals surface area contributed by atoms with Gasteiger partial charge in [-0.2, -0.15) is 11.8 Å². The summed E-state index contributed by atoms with van der Waals surface area (Å²) in [6, 6.07) is 7.67. The second kappa shape index (κ2) is 8.29. The van der Waals surface area contributed by atoms with Crippen molar-refractivity contribution >= 4 is 17.7 Å². The summed E-state index contributed by atoms with van der Waals surface area (Å²) < 4.78 is 5.32. The number of esters is 1. The average Bonchev–Trinajstić information content (AvgIpc) is 2.49. The van der Waals surface area contributed by atoms with E-state index in [0.29, 0.717) is 12.2 Å². The molecule has 1 heterocycles. The number of carbonyl (C=O) groups excluding carboxylic acids is 1. The van der Waals surface area contributed by atoms with E-state index in [9.17, 15) is 4.79 Å². The van der Waals surface area contributed by atoms with Gasteiger partial charge in [-0.25, -0.2) is 4.79 Å². The lowest BCUT2D eigenvalue weighted by Crippen LogP contribution is -2.44. The first-order valence-electron chi connectivity index (χ1n) is 6.97. The van der Waals surface area contributed by atoms with Gasteiger partial charge in [-0.1, -0.05) is 12.1 Å². The molecule has 1 aliphatic rings. The van der Waals surface area contributed by atoms with Crippen LogP contribution in [-0.2, 0) is 10.5 Å². The van der Waals surface area contributed by atoms with Crippen LogP contribution in [-0.4, -0.2) is 56.5 Å². The molecule has 20 heavy (non-hydrogen) atoms. The van der Waals surface area contributed by atoms with Crippen LogP contribution in [0.2, 0.25) is 0 Å². The molecule has 0 bridgehead atoms. The number of ether oxygens (including phenoxy) is 1. The third kappa shape index (κ3) is 4.81. The molecule has 4 nitrogen and oxygen atoms in total. The third-order valence-corrected chi connectivity index (χ3v) is 3.97. The number of hydrogen-bond acceptors (Lipinski definition) is 5. The van der Waals surface area contributed by atoms with Gasteiger partial charge < -0.3 is 10.1 Å². The number of nitrogens with one attached hydrogen (secondary N) is 1. The first-order valence-corrected chi connectivity index (χ1v) is 8.37. The minimum absolute atomic E-state index is 0.226. The summed E-state index contributed by atoms with van der Waals surface area (Å²) in [6.07, 6.45) is 2.07. The van der Waals surface area contributed by atoms with E-state index in [1.165, 1.54) is 5.56 Å². The molecular formula is C15H22N2O2S. The highest BCUT2D eigenvalue weighted by molar-refractivity contribution is 7.97. The van der Waals surface area contributed by atoms with E-state index >= 15 is 0 Å². The molecule has 1 aromatic rings. The molecule has 0 radical (unpaired) electrons. The van der Waals surface area contributed by atoms with Crippen LogP contribution in [0, 0.1) is 0 Å². The van der Waals surface area contributed by atoms with Gasteiger partial charge in [0, 0.05) is 38.5 Å². The van der Waals surface area contributed by atoms with E-state index in [1.54, 1.807) is 11.8 Å². The Labute approximate surface area is 124 Å². The van der Waals surface area contributed by atoms with Crippen molar-refractivity contribution in [2.45, 2.75) is 5.75 Å². The van der Waals surface area contributed by atoms with Crippen LogP contribution in [0.15, 0.2) is 24.3 Å². The summed E-state index contributed by atoms with van der Waals surface area (Å²) >= 11 is 1.77. The maximum atomic E-state index is 11.9. The number of thioether (sulfide) groups is 1. The molecule has 0 saturated carbocycles. The maximum absolute atomic E-state index is 11.9. The standard InChI is InChI=1S/C15H22N2O2S/c1-20-12-13-2-4-14(5-3-13)15(18)19-11-10-17-8-6-16-7-9-17/h2-5,16H,6-12H2,1H3. The van der Waals surface area contributed by atoms with Gasteiger partial charge in [-0.15, -0.1) is 0 Å². The second-order valence-electron chi connectivity index (χ2n) is 4.86. The summed E-state index contributed by atoms with van der Waals surface area (Å²) in [4.78, 5) is 14.2. The average molecular weight is 294 g/mol. The van der Waals surface area contributed by atoms with Crippen LogP contribution < -0.4 is 5.32 Å². The summed E-state index contributed by atoms with van der Waals surface area (Å²) in [5.41, 5.74) is 1.87. The fourth-order valence-electron chi connectivity index (χ4n) is 2.19. The van der Waals surface area contributed by atoms with Gasteiger partial charge in [0.05, 0.1) is 5.56 Å². The van der Waals surface area contributed by atoms with E-state index < -0.39 is 0 Å². The Morgan fingerprint density at radius 2 is 2.00 bits per heavy atom. The number of carbonyl (C=O) groups is 1. The van der Waals surface area contributed by atoms with Crippen molar-refractivity contribution in [3.8, 4) is 0 Å². The van der Waals surface area contributed by atoms with Gasteiger partial charge in [0.2, 0.25) is 0 Å². The minimum Gasteiger partial charge on any atom is -0.461 e. The number of benzene rings is 1. The number of piperazine rings is 1. The van der Waals surface area contributed by atoms with Gasteiger partial charge in [0.15, 0.2) is 0 Å². The molecule has 1 aromatic carbocycles. The zero-order chi connectivity index (χ0) is 14.2. The van der Waals surface area contributed by atoms with E-state index in [1.807, 2.05) is 24.3 Å². The van der Waals surface area contributed by atoms with Crippen molar-refractivity contribution in [3.63, 3.8) is 0 Å². The maximum Gasteiger partial charge on any atom is 0.338 e. The fraction of sp³-hybridized carbons (Fsp3) is 0.533. The lowest BCUT2D eigenvalue weighted by Gasteiger charge is -2.26. The zero-order valence-electron chi connectivity index (χ0n) is 11.9. The van der Waals surface area contributed by atoms with Crippen molar-refractivity contribution < 1.29 is 9.53 Å². The summed E-state index contributed by atoms with van der Waals surface area (Å²) in [6.45, 7) is 5.38. The molecule has 2 rings (SSSR count). The normalized spacial score (nSPS) is 16.1. The smallest absolute Gasteiger partial charge is 0.338 e. The van der Waals surface area contributed by atoms with Gasteiger partial charge in [0.1, 0.15) is 6.61 Å². The lowest BCUT2D eigenvalue weighted by atomic mass is 10.1. The minimum atomic E-state index is -0.226. The van der Waals surface area contributed by atoms with E-state index in [4.69, 9.17) is 4.74 Å². The molecule has 5 heteroatoms. The van der Waals surface area contributed by atoms with Crippen LogP contribution in [0.5, 0.6) is 0 Å². The Morgan fingerprint density at radius 1 is 1.30 bits per heavy atom. The molecule has 0 aliphatic carbocycles. The monoisotopic (exact) mass is 294 g/mol. The highest BCUT2D eigenvalue weighted by atomic mass is 32.2. The molecular weight excluding hydrogens is 272 g/mol. The molecule has 0 spiro atoms. The van der Waals surface area contributed by atoms with Crippen molar-refractivity contribution in [2.24, 2.45) is 0 Å². The Bertz CT molecular complexity index is 416. The van der Waals surface area contributed by atoms with Gasteiger partial charge >= 0.3 is 5.97 Å². The quantitative estimate of drug-likeness (QED) is 0.807. The molecule has 0 unspecified atom stereocenters. The van der Waals surface area contributed by atoms with E-state index in [-0.39, 0.29) is 5.97 Å². The van der Waals surface area contributed by atoms with Gasteiger partial charge in [-0.05, 0) is 24.0 Å². The summed E-state index contributed by atoms with van der Waals surface area (Å²) in [5, 5.41) is 3.30. The zero-order valence-corrected chi connectivity index (χ0v) is 12.7. The summed E-state index contributed by atoms with van der Waals surface area (Å²) in [5.74, 6) is 0.744. The Hall–Kier alpha value is -1.04. The van der Waals surface area contributed by atoms with Crippen molar-refractivity contribution in [1.82, 2.24) is 10.2 Å². The highest BCUT2D eigenvalue weighted by Gasteiger charge is 2.11. The van der Waals surface area contributed by atoms with Crippen LogP contribution in [0.3, 0.4) is 0 Å². The van der Waals surface area contributed by atoms with Crippen LogP contribution in [0.1, 0.15) is 15.9 Å². The van der Waals surface area contributed by atoms with Gasteiger partial charge in [0.25, 0.3) is 0 Å². The molecule has 1 saturated heterocycles. The molecule has 1 fully saturated rings. The SMILES string of the molecule is CSCc1ccc(C(=O)OCCN2CCNCC2)cc1. The molecule has 0 aromatic heterocycles.